The van der Waals surface area contributed by atoms with Crippen molar-refractivity contribution in [3.63, 3.8) is 0 Å². The molecule has 0 aliphatic rings. The van der Waals surface area contributed by atoms with Crippen LogP contribution in [0.1, 0.15) is 33.1 Å². The Bertz CT molecular complexity index is 1060. The van der Waals surface area contributed by atoms with Gasteiger partial charge in [-0.25, -0.2) is 0 Å². The highest BCUT2D eigenvalue weighted by molar-refractivity contribution is 5.94. The Labute approximate surface area is 158 Å². The molecule has 1 unspecified atom stereocenters. The maximum absolute atomic E-state index is 12.8. The SMILES string of the molecule is Cc1ccn(C)c1C(=O)NCC(c1ccccc1)c1c[nH]c2ccccc12. The maximum atomic E-state index is 12.8. The number of fused-ring (bicyclic) bond motifs is 1. The molecule has 0 bridgehead atoms. The Balaban J connectivity index is 1.66. The summed E-state index contributed by atoms with van der Waals surface area (Å²) >= 11 is 0. The molecular formula is C23H23N3O. The number of rotatable bonds is 5. The van der Waals surface area contributed by atoms with Crippen LogP contribution in [-0.4, -0.2) is 22.0 Å². The van der Waals surface area contributed by atoms with E-state index in [1.165, 1.54) is 16.5 Å². The van der Waals surface area contributed by atoms with E-state index in [0.29, 0.717) is 12.2 Å². The summed E-state index contributed by atoms with van der Waals surface area (Å²) in [5.41, 5.74) is 5.18. The molecule has 0 radical (unpaired) electrons. The Morgan fingerprint density at radius 2 is 1.81 bits per heavy atom. The van der Waals surface area contributed by atoms with Gasteiger partial charge in [0.05, 0.1) is 0 Å². The van der Waals surface area contributed by atoms with Crippen LogP contribution in [-0.2, 0) is 7.05 Å². The summed E-state index contributed by atoms with van der Waals surface area (Å²) in [5.74, 6) is 0.0349. The second-order valence-corrected chi connectivity index (χ2v) is 6.92. The standard InChI is InChI=1S/C23H23N3O/c1-16-12-13-26(2)22(16)23(27)25-14-19(17-8-4-3-5-9-17)20-15-24-21-11-7-6-10-18(20)21/h3-13,15,19,24H,14H2,1-2H3,(H,25,27). The minimum Gasteiger partial charge on any atom is -0.361 e. The van der Waals surface area contributed by atoms with Crippen LogP contribution in [0, 0.1) is 6.92 Å². The Morgan fingerprint density at radius 3 is 2.56 bits per heavy atom. The van der Waals surface area contributed by atoms with Gasteiger partial charge >= 0.3 is 0 Å². The number of aryl methyl sites for hydroxylation is 2. The van der Waals surface area contributed by atoms with E-state index in [-0.39, 0.29) is 11.8 Å². The number of hydrogen-bond donors (Lipinski definition) is 2. The fourth-order valence-electron chi connectivity index (χ4n) is 3.75. The van der Waals surface area contributed by atoms with E-state index in [1.807, 2.05) is 61.1 Å². The number of hydrogen-bond acceptors (Lipinski definition) is 1. The zero-order valence-electron chi connectivity index (χ0n) is 15.6. The number of nitrogens with one attached hydrogen (secondary N) is 2. The van der Waals surface area contributed by atoms with Crippen LogP contribution < -0.4 is 5.32 Å². The zero-order valence-corrected chi connectivity index (χ0v) is 15.6. The van der Waals surface area contributed by atoms with Gasteiger partial charge < -0.3 is 14.9 Å². The van der Waals surface area contributed by atoms with Gasteiger partial charge in [0.1, 0.15) is 5.69 Å². The van der Waals surface area contributed by atoms with E-state index in [1.54, 1.807) is 0 Å². The van der Waals surface area contributed by atoms with Crippen molar-refractivity contribution in [3.8, 4) is 0 Å². The number of para-hydroxylation sites is 1. The molecule has 2 N–H and O–H groups in total. The van der Waals surface area contributed by atoms with E-state index >= 15 is 0 Å². The van der Waals surface area contributed by atoms with Gasteiger partial charge in [0, 0.05) is 42.8 Å². The van der Waals surface area contributed by atoms with Gasteiger partial charge in [-0.2, -0.15) is 0 Å². The lowest BCUT2D eigenvalue weighted by Crippen LogP contribution is -2.30. The minimum absolute atomic E-state index is 0.0410. The van der Waals surface area contributed by atoms with Gasteiger partial charge in [0.15, 0.2) is 0 Å². The van der Waals surface area contributed by atoms with Crippen LogP contribution in [0.3, 0.4) is 0 Å². The highest BCUT2D eigenvalue weighted by atomic mass is 16.1. The van der Waals surface area contributed by atoms with Crippen LogP contribution >= 0.6 is 0 Å². The van der Waals surface area contributed by atoms with Gasteiger partial charge in [-0.15, -0.1) is 0 Å². The number of benzene rings is 2. The van der Waals surface area contributed by atoms with Crippen LogP contribution in [0.15, 0.2) is 73.1 Å². The molecule has 136 valence electrons. The summed E-state index contributed by atoms with van der Waals surface area (Å²) in [6.45, 7) is 2.50. The normalized spacial score (nSPS) is 12.2. The number of carbonyl (C=O) groups is 1. The van der Waals surface area contributed by atoms with Crippen molar-refractivity contribution >= 4 is 16.8 Å². The molecule has 2 aromatic carbocycles. The summed E-state index contributed by atoms with van der Waals surface area (Å²) < 4.78 is 1.87. The van der Waals surface area contributed by atoms with E-state index in [4.69, 9.17) is 0 Å². The number of aromatic nitrogens is 2. The van der Waals surface area contributed by atoms with Gasteiger partial charge in [-0.3, -0.25) is 4.79 Å². The van der Waals surface area contributed by atoms with Crippen molar-refractivity contribution in [3.05, 3.63) is 95.4 Å². The zero-order chi connectivity index (χ0) is 18.8. The molecule has 4 nitrogen and oxygen atoms in total. The molecule has 4 aromatic rings. The number of nitrogens with zero attached hydrogens (tertiary/aromatic N) is 1. The fraction of sp³-hybridized carbons (Fsp3) is 0.174. The average Bonchev–Trinajstić information content (AvgIpc) is 3.26. The van der Waals surface area contributed by atoms with Crippen molar-refractivity contribution in [2.75, 3.05) is 6.54 Å². The molecule has 0 aliphatic carbocycles. The third kappa shape index (κ3) is 3.26. The summed E-state index contributed by atoms with van der Waals surface area (Å²) in [4.78, 5) is 16.1. The highest BCUT2D eigenvalue weighted by Gasteiger charge is 2.20. The lowest BCUT2D eigenvalue weighted by atomic mass is 9.91. The molecule has 4 rings (SSSR count). The lowest BCUT2D eigenvalue weighted by Gasteiger charge is -2.18. The third-order valence-corrected chi connectivity index (χ3v) is 5.15. The highest BCUT2D eigenvalue weighted by Crippen LogP contribution is 2.30. The molecule has 0 saturated carbocycles. The van der Waals surface area contributed by atoms with Crippen molar-refractivity contribution < 1.29 is 4.79 Å². The molecule has 2 aromatic heterocycles. The second kappa shape index (κ2) is 7.16. The Hall–Kier alpha value is -3.27. The van der Waals surface area contributed by atoms with Gasteiger partial charge in [0.2, 0.25) is 0 Å². The third-order valence-electron chi connectivity index (χ3n) is 5.15. The van der Waals surface area contributed by atoms with Gasteiger partial charge in [0.25, 0.3) is 5.91 Å². The molecule has 27 heavy (non-hydrogen) atoms. The number of amides is 1. The summed E-state index contributed by atoms with van der Waals surface area (Å²) in [6, 6.07) is 20.6. The van der Waals surface area contributed by atoms with E-state index in [2.05, 4.69) is 40.8 Å². The van der Waals surface area contributed by atoms with Crippen LogP contribution in [0.25, 0.3) is 10.9 Å². The van der Waals surface area contributed by atoms with Crippen molar-refractivity contribution in [2.45, 2.75) is 12.8 Å². The van der Waals surface area contributed by atoms with Crippen molar-refractivity contribution in [2.24, 2.45) is 7.05 Å². The Morgan fingerprint density at radius 1 is 1.07 bits per heavy atom. The van der Waals surface area contributed by atoms with E-state index < -0.39 is 0 Å². The quantitative estimate of drug-likeness (QED) is 0.547. The predicted molar refractivity (Wildman–Crippen MR) is 109 cm³/mol. The van der Waals surface area contributed by atoms with Crippen molar-refractivity contribution in [1.82, 2.24) is 14.9 Å². The molecule has 0 spiro atoms. The largest absolute Gasteiger partial charge is 0.361 e. The number of H-pyrrole nitrogens is 1. The predicted octanol–water partition coefficient (Wildman–Crippen LogP) is 4.38. The first-order valence-electron chi connectivity index (χ1n) is 9.16. The molecule has 0 fully saturated rings. The number of aromatic amines is 1. The first-order chi connectivity index (χ1) is 13.1. The monoisotopic (exact) mass is 357 g/mol. The summed E-state index contributed by atoms with van der Waals surface area (Å²) in [5, 5.41) is 4.34. The second-order valence-electron chi connectivity index (χ2n) is 6.92. The van der Waals surface area contributed by atoms with E-state index in [0.717, 1.165) is 11.1 Å². The molecule has 4 heteroatoms. The summed E-state index contributed by atoms with van der Waals surface area (Å²) in [7, 11) is 1.90. The first-order valence-corrected chi connectivity index (χ1v) is 9.16. The smallest absolute Gasteiger partial charge is 0.268 e. The van der Waals surface area contributed by atoms with Crippen LogP contribution in [0.5, 0.6) is 0 Å². The fourth-order valence-corrected chi connectivity index (χ4v) is 3.75. The maximum Gasteiger partial charge on any atom is 0.268 e. The lowest BCUT2D eigenvalue weighted by molar-refractivity contribution is 0.0943. The topological polar surface area (TPSA) is 49.8 Å². The molecular weight excluding hydrogens is 334 g/mol. The summed E-state index contributed by atoms with van der Waals surface area (Å²) in [6.07, 6.45) is 3.97. The Kier molecular flexibility index (Phi) is 4.55. The minimum atomic E-state index is -0.0410. The molecule has 2 heterocycles. The number of carbonyl (C=O) groups excluding carboxylic acids is 1. The molecule has 0 saturated heterocycles. The molecule has 0 aliphatic heterocycles. The van der Waals surface area contributed by atoms with Gasteiger partial charge in [-0.1, -0.05) is 48.5 Å². The van der Waals surface area contributed by atoms with E-state index in [9.17, 15) is 4.79 Å². The van der Waals surface area contributed by atoms with Crippen molar-refractivity contribution in [1.29, 1.82) is 0 Å². The van der Waals surface area contributed by atoms with Crippen LogP contribution in [0.4, 0.5) is 0 Å². The molecule has 1 amide bonds. The average molecular weight is 357 g/mol. The van der Waals surface area contributed by atoms with Crippen LogP contribution in [0.2, 0.25) is 0 Å². The van der Waals surface area contributed by atoms with Gasteiger partial charge in [-0.05, 0) is 35.7 Å². The first kappa shape index (κ1) is 17.2. The molecule has 1 atom stereocenters.